The first-order valence-corrected chi connectivity index (χ1v) is 8.30. The number of carbonyl (C=O) groups excluding carboxylic acids is 1. The van der Waals surface area contributed by atoms with Crippen LogP contribution in [0.1, 0.15) is 16.7 Å². The highest BCUT2D eigenvalue weighted by Crippen LogP contribution is 2.33. The van der Waals surface area contributed by atoms with Gasteiger partial charge in [-0.3, -0.25) is 14.9 Å². The molecule has 0 saturated heterocycles. The van der Waals surface area contributed by atoms with E-state index in [-0.39, 0.29) is 32.1 Å². The van der Waals surface area contributed by atoms with Gasteiger partial charge in [0.15, 0.2) is 6.79 Å². The molecule has 1 aliphatic rings. The predicted molar refractivity (Wildman–Crippen MR) is 93.3 cm³/mol. The SMILES string of the molecule is O=C(Cc1ccc(Cl)cc1Cl)OCc1cc([N+](=O)[O-])cc2c1OCOC2. The minimum atomic E-state index is -0.526. The fraction of sp³-hybridized carbons (Fsp3) is 0.235. The van der Waals surface area contributed by atoms with Gasteiger partial charge in [-0.15, -0.1) is 0 Å². The minimum Gasteiger partial charge on any atom is -0.467 e. The Balaban J connectivity index is 1.73. The number of hydrogen-bond acceptors (Lipinski definition) is 6. The van der Waals surface area contributed by atoms with Crippen LogP contribution in [0, 0.1) is 10.1 Å². The van der Waals surface area contributed by atoms with E-state index in [0.29, 0.717) is 32.5 Å². The number of carbonyl (C=O) groups is 1. The molecule has 0 fully saturated rings. The summed E-state index contributed by atoms with van der Waals surface area (Å²) in [6, 6.07) is 7.51. The molecule has 0 radical (unpaired) electrons. The lowest BCUT2D eigenvalue weighted by atomic mass is 10.1. The summed E-state index contributed by atoms with van der Waals surface area (Å²) < 4.78 is 15.8. The monoisotopic (exact) mass is 397 g/mol. The number of non-ortho nitro benzene ring substituents is 1. The third-order valence-corrected chi connectivity index (χ3v) is 4.31. The molecule has 0 N–H and O–H groups in total. The smallest absolute Gasteiger partial charge is 0.310 e. The van der Waals surface area contributed by atoms with Crippen molar-refractivity contribution in [2.24, 2.45) is 0 Å². The summed E-state index contributed by atoms with van der Waals surface area (Å²) in [6.45, 7) is 0.0680. The fourth-order valence-electron chi connectivity index (χ4n) is 2.52. The third kappa shape index (κ3) is 4.24. The van der Waals surface area contributed by atoms with E-state index in [2.05, 4.69) is 0 Å². The van der Waals surface area contributed by atoms with E-state index < -0.39 is 10.9 Å². The molecule has 3 rings (SSSR count). The average Bonchev–Trinajstić information content (AvgIpc) is 2.61. The zero-order valence-corrected chi connectivity index (χ0v) is 14.9. The van der Waals surface area contributed by atoms with Gasteiger partial charge in [0.05, 0.1) is 18.0 Å². The van der Waals surface area contributed by atoms with Crippen LogP contribution in [0.5, 0.6) is 5.75 Å². The first-order valence-electron chi connectivity index (χ1n) is 7.54. The second-order valence-corrected chi connectivity index (χ2v) is 6.38. The van der Waals surface area contributed by atoms with Crippen LogP contribution >= 0.6 is 23.2 Å². The fourth-order valence-corrected chi connectivity index (χ4v) is 3.00. The van der Waals surface area contributed by atoms with E-state index in [1.807, 2.05) is 0 Å². The normalized spacial score (nSPS) is 12.8. The number of benzene rings is 2. The van der Waals surface area contributed by atoms with E-state index in [0.717, 1.165) is 0 Å². The van der Waals surface area contributed by atoms with Gasteiger partial charge in [0, 0.05) is 33.3 Å². The number of esters is 1. The second-order valence-electron chi connectivity index (χ2n) is 5.53. The maximum Gasteiger partial charge on any atom is 0.310 e. The molecule has 0 aliphatic carbocycles. The molecule has 1 heterocycles. The summed E-state index contributed by atoms with van der Waals surface area (Å²) in [5.74, 6) is -0.0827. The van der Waals surface area contributed by atoms with Gasteiger partial charge in [-0.05, 0) is 17.7 Å². The van der Waals surface area contributed by atoms with Crippen molar-refractivity contribution in [2.75, 3.05) is 6.79 Å². The van der Waals surface area contributed by atoms with Crippen LogP contribution in [0.25, 0.3) is 0 Å². The molecule has 0 amide bonds. The average molecular weight is 398 g/mol. The number of nitro benzene ring substituents is 1. The van der Waals surface area contributed by atoms with Crippen molar-refractivity contribution in [2.45, 2.75) is 19.6 Å². The largest absolute Gasteiger partial charge is 0.467 e. The Morgan fingerprint density at radius 3 is 2.77 bits per heavy atom. The lowest BCUT2D eigenvalue weighted by molar-refractivity contribution is -0.385. The van der Waals surface area contributed by atoms with E-state index >= 15 is 0 Å². The van der Waals surface area contributed by atoms with Crippen LogP contribution in [-0.4, -0.2) is 17.7 Å². The molecule has 2 aromatic rings. The molecule has 136 valence electrons. The first-order chi connectivity index (χ1) is 12.4. The Kier molecular flexibility index (Phi) is 5.61. The zero-order valence-electron chi connectivity index (χ0n) is 13.4. The predicted octanol–water partition coefficient (Wildman–Crippen LogP) is 4.05. The van der Waals surface area contributed by atoms with Gasteiger partial charge in [0.2, 0.25) is 0 Å². The molecule has 1 aliphatic heterocycles. The van der Waals surface area contributed by atoms with Gasteiger partial charge in [-0.25, -0.2) is 0 Å². The third-order valence-electron chi connectivity index (χ3n) is 3.72. The van der Waals surface area contributed by atoms with E-state index in [4.69, 9.17) is 37.4 Å². The van der Waals surface area contributed by atoms with Gasteiger partial charge < -0.3 is 14.2 Å². The quantitative estimate of drug-likeness (QED) is 0.429. The van der Waals surface area contributed by atoms with Gasteiger partial charge in [-0.1, -0.05) is 29.3 Å². The Bertz CT molecular complexity index is 871. The Hall–Kier alpha value is -2.35. The number of nitro groups is 1. The number of ether oxygens (including phenoxy) is 3. The number of fused-ring (bicyclic) bond motifs is 1. The van der Waals surface area contributed by atoms with Crippen molar-refractivity contribution in [1.29, 1.82) is 0 Å². The molecule has 9 heteroatoms. The Labute approximate surface area is 158 Å². The van der Waals surface area contributed by atoms with Crippen molar-refractivity contribution >= 4 is 34.9 Å². The van der Waals surface area contributed by atoms with Gasteiger partial charge >= 0.3 is 5.97 Å². The van der Waals surface area contributed by atoms with Crippen LogP contribution in [0.15, 0.2) is 30.3 Å². The van der Waals surface area contributed by atoms with Crippen molar-refractivity contribution in [3.05, 3.63) is 67.2 Å². The molecule has 0 atom stereocenters. The van der Waals surface area contributed by atoms with Gasteiger partial charge in [0.1, 0.15) is 12.4 Å². The van der Waals surface area contributed by atoms with Gasteiger partial charge in [0.25, 0.3) is 5.69 Å². The molecular weight excluding hydrogens is 385 g/mol. The molecule has 2 aromatic carbocycles. The number of halogens is 2. The molecule has 0 unspecified atom stereocenters. The highest BCUT2D eigenvalue weighted by atomic mass is 35.5. The highest BCUT2D eigenvalue weighted by molar-refractivity contribution is 6.35. The number of nitrogens with zero attached hydrogens (tertiary/aromatic N) is 1. The lowest BCUT2D eigenvalue weighted by Gasteiger charge is -2.20. The van der Waals surface area contributed by atoms with Crippen LogP contribution < -0.4 is 4.74 Å². The van der Waals surface area contributed by atoms with Crippen LogP contribution in [0.2, 0.25) is 10.0 Å². The van der Waals surface area contributed by atoms with E-state index in [1.165, 1.54) is 18.2 Å². The summed E-state index contributed by atoms with van der Waals surface area (Å²) in [5, 5.41) is 11.9. The molecule has 0 saturated carbocycles. The van der Waals surface area contributed by atoms with Crippen LogP contribution in [0.4, 0.5) is 5.69 Å². The second kappa shape index (κ2) is 7.90. The summed E-state index contributed by atoms with van der Waals surface area (Å²) in [4.78, 5) is 22.7. The Morgan fingerprint density at radius 2 is 2.04 bits per heavy atom. The standard InChI is InChI=1S/C17H13Cl2NO6/c18-13-2-1-10(15(19)6-13)5-16(21)25-8-12-4-14(20(22)23)3-11-7-24-9-26-17(11)12/h1-4,6H,5,7-9H2. The first kappa shape index (κ1) is 18.4. The molecule has 7 nitrogen and oxygen atoms in total. The molecule has 26 heavy (non-hydrogen) atoms. The summed E-state index contributed by atoms with van der Waals surface area (Å²) >= 11 is 11.9. The van der Waals surface area contributed by atoms with Crippen molar-refractivity contribution < 1.29 is 23.9 Å². The Morgan fingerprint density at radius 1 is 1.23 bits per heavy atom. The topological polar surface area (TPSA) is 87.9 Å². The maximum absolute atomic E-state index is 12.1. The summed E-state index contributed by atoms with van der Waals surface area (Å²) in [7, 11) is 0. The van der Waals surface area contributed by atoms with Crippen LogP contribution in [-0.2, 0) is 33.9 Å². The summed E-state index contributed by atoms with van der Waals surface area (Å²) in [5.41, 5.74) is 1.40. The van der Waals surface area contributed by atoms with Gasteiger partial charge in [-0.2, -0.15) is 0 Å². The van der Waals surface area contributed by atoms with Crippen molar-refractivity contribution in [3.8, 4) is 5.75 Å². The van der Waals surface area contributed by atoms with Crippen molar-refractivity contribution in [1.82, 2.24) is 0 Å². The van der Waals surface area contributed by atoms with E-state index in [1.54, 1.807) is 12.1 Å². The van der Waals surface area contributed by atoms with Crippen molar-refractivity contribution in [3.63, 3.8) is 0 Å². The highest BCUT2D eigenvalue weighted by Gasteiger charge is 2.22. The minimum absolute atomic E-state index is 0.0339. The lowest BCUT2D eigenvalue weighted by Crippen LogP contribution is -2.15. The number of hydrogen-bond donors (Lipinski definition) is 0. The molecule has 0 bridgehead atoms. The zero-order chi connectivity index (χ0) is 18.7. The molecule has 0 spiro atoms. The molecular formula is C17H13Cl2NO6. The molecule has 0 aromatic heterocycles. The number of rotatable bonds is 5. The maximum atomic E-state index is 12.1. The summed E-state index contributed by atoms with van der Waals surface area (Å²) in [6.07, 6.45) is -0.0446. The van der Waals surface area contributed by atoms with E-state index in [9.17, 15) is 14.9 Å². The van der Waals surface area contributed by atoms with Crippen LogP contribution in [0.3, 0.4) is 0 Å².